The van der Waals surface area contributed by atoms with Gasteiger partial charge in [-0.25, -0.2) is 12.7 Å². The first-order valence-electron chi connectivity index (χ1n) is 8.14. The molecule has 1 aliphatic carbocycles. The van der Waals surface area contributed by atoms with Crippen LogP contribution in [0, 0.1) is 5.92 Å². The fraction of sp³-hybridized carbons (Fsp3) is 1.00. The van der Waals surface area contributed by atoms with Gasteiger partial charge in [0.25, 0.3) is 0 Å². The van der Waals surface area contributed by atoms with Crippen LogP contribution in [-0.2, 0) is 14.8 Å². The number of aliphatic hydroxyl groups excluding tert-OH is 1. The van der Waals surface area contributed by atoms with Crippen molar-refractivity contribution in [3.05, 3.63) is 0 Å². The molecule has 1 saturated heterocycles. The van der Waals surface area contributed by atoms with Gasteiger partial charge in [0.05, 0.1) is 18.0 Å². The summed E-state index contributed by atoms with van der Waals surface area (Å²) in [4.78, 5) is 0. The zero-order chi connectivity index (χ0) is 15.5. The summed E-state index contributed by atoms with van der Waals surface area (Å²) in [6.45, 7) is 3.75. The van der Waals surface area contributed by atoms with Crippen molar-refractivity contribution in [3.63, 3.8) is 0 Å². The highest BCUT2D eigenvalue weighted by molar-refractivity contribution is 7.88. The van der Waals surface area contributed by atoms with E-state index in [-0.39, 0.29) is 11.5 Å². The van der Waals surface area contributed by atoms with E-state index in [0.29, 0.717) is 26.1 Å². The summed E-state index contributed by atoms with van der Waals surface area (Å²) in [5, 5.41) is 10.7. The smallest absolute Gasteiger partial charge is 0.211 e. The van der Waals surface area contributed by atoms with Gasteiger partial charge in [0, 0.05) is 19.7 Å². The third-order valence-electron chi connectivity index (χ3n) is 5.00. The molecule has 1 saturated carbocycles. The highest BCUT2D eigenvalue weighted by Crippen LogP contribution is 2.39. The Kier molecular flexibility index (Phi) is 5.68. The second-order valence-corrected chi connectivity index (χ2v) is 8.57. The molecule has 2 aliphatic rings. The predicted octanol–water partition coefficient (Wildman–Crippen LogP) is 1.76. The average Bonchev–Trinajstić information content (AvgIpc) is 2.88. The summed E-state index contributed by atoms with van der Waals surface area (Å²) < 4.78 is 30.8. The Bertz CT molecular complexity index is 431. The molecule has 0 aromatic carbocycles. The molecule has 124 valence electrons. The summed E-state index contributed by atoms with van der Waals surface area (Å²) in [7, 11) is -3.12. The summed E-state index contributed by atoms with van der Waals surface area (Å²) in [5.41, 5.74) is -0.387. The molecule has 0 amide bonds. The van der Waals surface area contributed by atoms with Gasteiger partial charge in [-0.2, -0.15) is 0 Å². The molecule has 0 spiro atoms. The number of hydrogen-bond donors (Lipinski definition) is 1. The van der Waals surface area contributed by atoms with Crippen LogP contribution in [0.2, 0.25) is 0 Å². The molecular weight excluding hydrogens is 290 g/mol. The zero-order valence-corrected chi connectivity index (χ0v) is 14.1. The van der Waals surface area contributed by atoms with E-state index in [4.69, 9.17) is 4.74 Å². The van der Waals surface area contributed by atoms with Gasteiger partial charge in [-0.1, -0.05) is 12.8 Å². The second-order valence-electron chi connectivity index (χ2n) is 6.59. The van der Waals surface area contributed by atoms with Crippen molar-refractivity contribution in [1.29, 1.82) is 0 Å². The number of rotatable bonds is 6. The van der Waals surface area contributed by atoms with E-state index in [1.807, 2.05) is 6.92 Å². The van der Waals surface area contributed by atoms with Gasteiger partial charge in [-0.3, -0.25) is 0 Å². The molecule has 21 heavy (non-hydrogen) atoms. The lowest BCUT2D eigenvalue weighted by Crippen LogP contribution is -2.46. The summed E-state index contributed by atoms with van der Waals surface area (Å²) in [6.07, 6.45) is 7.36. The molecule has 2 fully saturated rings. The monoisotopic (exact) mass is 319 g/mol. The van der Waals surface area contributed by atoms with E-state index >= 15 is 0 Å². The van der Waals surface area contributed by atoms with Crippen LogP contribution in [0.1, 0.15) is 51.9 Å². The molecule has 2 unspecified atom stereocenters. The highest BCUT2D eigenvalue weighted by atomic mass is 32.2. The van der Waals surface area contributed by atoms with Gasteiger partial charge in [0.2, 0.25) is 10.0 Å². The van der Waals surface area contributed by atoms with Gasteiger partial charge >= 0.3 is 0 Å². The topological polar surface area (TPSA) is 66.8 Å². The minimum Gasteiger partial charge on any atom is -0.390 e. The van der Waals surface area contributed by atoms with Gasteiger partial charge in [0.1, 0.15) is 0 Å². The van der Waals surface area contributed by atoms with Crippen LogP contribution >= 0.6 is 0 Å². The van der Waals surface area contributed by atoms with Crippen molar-refractivity contribution < 1.29 is 18.3 Å². The molecule has 0 bridgehead atoms. The lowest BCUT2D eigenvalue weighted by molar-refractivity contribution is -0.123. The maximum atomic E-state index is 11.7. The van der Waals surface area contributed by atoms with Crippen LogP contribution in [0.15, 0.2) is 0 Å². The Morgan fingerprint density at radius 1 is 1.33 bits per heavy atom. The first-order chi connectivity index (χ1) is 9.87. The predicted molar refractivity (Wildman–Crippen MR) is 82.6 cm³/mol. The van der Waals surface area contributed by atoms with Gasteiger partial charge in [-0.05, 0) is 44.9 Å². The van der Waals surface area contributed by atoms with Crippen molar-refractivity contribution in [1.82, 2.24) is 4.31 Å². The highest BCUT2D eigenvalue weighted by Gasteiger charge is 2.42. The molecule has 1 heterocycles. The van der Waals surface area contributed by atoms with Crippen LogP contribution in [0.25, 0.3) is 0 Å². The Balaban J connectivity index is 1.96. The molecular formula is C15H29NO4S. The molecule has 1 aliphatic heterocycles. The number of nitrogens with zero attached hydrogens (tertiary/aromatic N) is 1. The zero-order valence-electron chi connectivity index (χ0n) is 13.3. The third-order valence-corrected chi connectivity index (χ3v) is 6.27. The van der Waals surface area contributed by atoms with Crippen LogP contribution in [0.3, 0.4) is 0 Å². The van der Waals surface area contributed by atoms with Crippen molar-refractivity contribution in [3.8, 4) is 0 Å². The standard InChI is InChI=1S/C15H29NO4S/c1-3-20-15(8-4-5-9-15)14(17)11-13-7-6-10-16(12-13)21(2,18)19/h13-14,17H,3-12H2,1-2H3. The SMILES string of the molecule is CCOC1(C(O)CC2CCCN(S(C)(=O)=O)C2)CCCC1. The fourth-order valence-corrected chi connectivity index (χ4v) is 4.83. The largest absolute Gasteiger partial charge is 0.390 e. The molecule has 0 aromatic heterocycles. The molecule has 0 radical (unpaired) electrons. The Labute approximate surface area is 128 Å². The minimum atomic E-state index is -3.12. The number of hydrogen-bond acceptors (Lipinski definition) is 4. The van der Waals surface area contributed by atoms with Crippen LogP contribution in [0.4, 0.5) is 0 Å². The number of aliphatic hydroxyl groups is 1. The van der Waals surface area contributed by atoms with Crippen LogP contribution < -0.4 is 0 Å². The quantitative estimate of drug-likeness (QED) is 0.810. The van der Waals surface area contributed by atoms with Crippen LogP contribution in [0.5, 0.6) is 0 Å². The lowest BCUT2D eigenvalue weighted by atomic mass is 9.84. The van der Waals surface area contributed by atoms with Crippen molar-refractivity contribution in [2.45, 2.75) is 63.6 Å². The fourth-order valence-electron chi connectivity index (χ4n) is 3.89. The molecule has 5 nitrogen and oxygen atoms in total. The average molecular weight is 319 g/mol. The molecule has 1 N–H and O–H groups in total. The minimum absolute atomic E-state index is 0.237. The van der Waals surface area contributed by atoms with Crippen LogP contribution in [-0.4, -0.2) is 55.5 Å². The number of piperidine rings is 1. The van der Waals surface area contributed by atoms with E-state index in [2.05, 4.69) is 0 Å². The summed E-state index contributed by atoms with van der Waals surface area (Å²) in [6, 6.07) is 0. The van der Waals surface area contributed by atoms with E-state index in [1.54, 1.807) is 4.31 Å². The van der Waals surface area contributed by atoms with Gasteiger partial charge in [0.15, 0.2) is 0 Å². The van der Waals surface area contributed by atoms with E-state index in [0.717, 1.165) is 38.5 Å². The summed E-state index contributed by atoms with van der Waals surface area (Å²) >= 11 is 0. The first kappa shape index (κ1) is 17.2. The van der Waals surface area contributed by atoms with Crippen molar-refractivity contribution in [2.75, 3.05) is 26.0 Å². The van der Waals surface area contributed by atoms with Crippen molar-refractivity contribution >= 4 is 10.0 Å². The Morgan fingerprint density at radius 3 is 2.57 bits per heavy atom. The second kappa shape index (κ2) is 6.94. The normalized spacial score (nSPS) is 28.6. The van der Waals surface area contributed by atoms with Gasteiger partial charge in [-0.15, -0.1) is 0 Å². The molecule has 0 aromatic rings. The molecule has 2 rings (SSSR count). The van der Waals surface area contributed by atoms with E-state index < -0.39 is 16.1 Å². The van der Waals surface area contributed by atoms with Gasteiger partial charge < -0.3 is 9.84 Å². The molecule has 6 heteroatoms. The molecule has 2 atom stereocenters. The first-order valence-corrected chi connectivity index (χ1v) is 9.99. The maximum absolute atomic E-state index is 11.7. The summed E-state index contributed by atoms with van der Waals surface area (Å²) in [5.74, 6) is 0.237. The van der Waals surface area contributed by atoms with E-state index in [9.17, 15) is 13.5 Å². The third kappa shape index (κ3) is 4.18. The van der Waals surface area contributed by atoms with E-state index in [1.165, 1.54) is 6.26 Å². The van der Waals surface area contributed by atoms with Crippen molar-refractivity contribution in [2.24, 2.45) is 5.92 Å². The maximum Gasteiger partial charge on any atom is 0.211 e. The number of ether oxygens (including phenoxy) is 1. The Hall–Kier alpha value is -0.170. The number of sulfonamides is 1. The lowest BCUT2D eigenvalue weighted by Gasteiger charge is -2.38. The Morgan fingerprint density at radius 2 is 2.00 bits per heavy atom.